The van der Waals surface area contributed by atoms with Gasteiger partial charge >= 0.3 is 6.03 Å². The number of likely N-dealkylation sites (tertiary alicyclic amines) is 1. The molecule has 1 saturated heterocycles. The lowest BCUT2D eigenvalue weighted by atomic mass is 9.94. The van der Waals surface area contributed by atoms with Gasteiger partial charge in [-0.25, -0.2) is 4.79 Å². The molecule has 37 heavy (non-hydrogen) atoms. The van der Waals surface area contributed by atoms with Crippen LogP contribution in [0.2, 0.25) is 0 Å². The molecule has 3 aromatic rings. The van der Waals surface area contributed by atoms with Gasteiger partial charge in [0.05, 0.1) is 18.8 Å². The van der Waals surface area contributed by atoms with Gasteiger partial charge in [0.2, 0.25) is 0 Å². The molecule has 0 bridgehead atoms. The van der Waals surface area contributed by atoms with E-state index in [0.29, 0.717) is 23.2 Å². The van der Waals surface area contributed by atoms with E-state index in [2.05, 4.69) is 37.9 Å². The highest BCUT2D eigenvalue weighted by atomic mass is 35.5. The van der Waals surface area contributed by atoms with E-state index in [1.807, 2.05) is 55.6 Å². The predicted octanol–water partition coefficient (Wildman–Crippen LogP) is 3.59. The molecule has 10 heteroatoms. The highest BCUT2D eigenvalue weighted by Gasteiger charge is 2.44. The monoisotopic (exact) mass is 520 g/mol. The van der Waals surface area contributed by atoms with Gasteiger partial charge in [-0.05, 0) is 5.56 Å². The molecular weight excluding hydrogens is 490 g/mol. The van der Waals surface area contributed by atoms with E-state index >= 15 is 0 Å². The number of aromatic nitrogens is 2. The number of benzene rings is 2. The molecule has 2 aliphatic rings. The smallest absolute Gasteiger partial charge is 0.323 e. The lowest BCUT2D eigenvalue weighted by Gasteiger charge is -2.27. The number of nitrogens with zero attached hydrogens (tertiary/aromatic N) is 4. The maximum absolute atomic E-state index is 13.5. The molecule has 1 fully saturated rings. The fourth-order valence-corrected chi connectivity index (χ4v) is 5.37. The SMILES string of the molecule is COCCN1C[C@@H](NC(=O)NC2=C(Cl)C(c3cn[nH]c3)=N[N+]2(C)c2ccccc2)[C@H](c2ccccc2)C1. The number of aromatic amines is 1. The Balaban J connectivity index is 1.40. The first-order valence-electron chi connectivity index (χ1n) is 12.3. The van der Waals surface area contributed by atoms with Gasteiger partial charge in [0, 0.05) is 56.6 Å². The van der Waals surface area contributed by atoms with Gasteiger partial charge in [-0.3, -0.25) is 15.3 Å². The molecule has 1 unspecified atom stereocenters. The Morgan fingerprint density at radius 1 is 1.16 bits per heavy atom. The Labute approximate surface area is 221 Å². The number of methoxy groups -OCH3 is 1. The molecular formula is C27H31ClN7O2+. The summed E-state index contributed by atoms with van der Waals surface area (Å²) in [5.74, 6) is 0.636. The van der Waals surface area contributed by atoms with E-state index in [9.17, 15) is 4.79 Å². The summed E-state index contributed by atoms with van der Waals surface area (Å²) in [6.45, 7) is 3.02. The molecule has 5 rings (SSSR count). The Kier molecular flexibility index (Phi) is 7.38. The number of halogens is 1. The average Bonchev–Trinajstić information content (AvgIpc) is 3.65. The Morgan fingerprint density at radius 2 is 1.89 bits per heavy atom. The summed E-state index contributed by atoms with van der Waals surface area (Å²) in [6.07, 6.45) is 3.40. The van der Waals surface area contributed by atoms with Crippen LogP contribution in [0.1, 0.15) is 17.0 Å². The van der Waals surface area contributed by atoms with Crippen LogP contribution >= 0.6 is 11.6 Å². The molecule has 0 spiro atoms. The number of amides is 2. The maximum Gasteiger partial charge on any atom is 0.323 e. The van der Waals surface area contributed by atoms with Crippen molar-refractivity contribution in [3.8, 4) is 0 Å². The third-order valence-corrected chi connectivity index (χ3v) is 7.32. The van der Waals surface area contributed by atoms with Crippen LogP contribution in [0.5, 0.6) is 0 Å². The molecule has 0 aliphatic carbocycles. The van der Waals surface area contributed by atoms with Crippen molar-refractivity contribution in [3.05, 3.63) is 95.0 Å². The molecule has 2 aromatic carbocycles. The highest BCUT2D eigenvalue weighted by molar-refractivity contribution is 6.47. The number of hydrogen-bond donors (Lipinski definition) is 3. The Morgan fingerprint density at radius 3 is 2.57 bits per heavy atom. The summed E-state index contributed by atoms with van der Waals surface area (Å²) in [4.78, 5) is 15.8. The zero-order valence-corrected chi connectivity index (χ0v) is 21.7. The first-order valence-corrected chi connectivity index (χ1v) is 12.6. The Hall–Kier alpha value is -3.50. The van der Waals surface area contributed by atoms with Crippen molar-refractivity contribution in [3.63, 3.8) is 0 Å². The zero-order valence-electron chi connectivity index (χ0n) is 20.9. The number of rotatable bonds is 8. The molecule has 1 aromatic heterocycles. The first kappa shape index (κ1) is 25.2. The summed E-state index contributed by atoms with van der Waals surface area (Å²) in [5.41, 5.74) is 3.37. The van der Waals surface area contributed by atoms with Crippen LogP contribution in [-0.4, -0.2) is 73.3 Å². The molecule has 2 aliphatic heterocycles. The van der Waals surface area contributed by atoms with Gasteiger partial charge in [0.1, 0.15) is 7.05 Å². The second kappa shape index (κ2) is 10.9. The number of quaternary nitrogens is 1. The minimum absolute atomic E-state index is 0.0274. The van der Waals surface area contributed by atoms with Crippen LogP contribution in [-0.2, 0) is 4.74 Å². The minimum Gasteiger partial charge on any atom is -0.383 e. The van der Waals surface area contributed by atoms with Crippen LogP contribution in [0, 0.1) is 0 Å². The van der Waals surface area contributed by atoms with Crippen molar-refractivity contribution in [1.29, 1.82) is 0 Å². The van der Waals surface area contributed by atoms with Gasteiger partial charge in [0.15, 0.2) is 16.4 Å². The first-order chi connectivity index (χ1) is 18.0. The quantitative estimate of drug-likeness (QED) is 0.396. The van der Waals surface area contributed by atoms with Crippen molar-refractivity contribution in [1.82, 2.24) is 30.3 Å². The van der Waals surface area contributed by atoms with Crippen LogP contribution in [0.25, 0.3) is 0 Å². The van der Waals surface area contributed by atoms with E-state index in [1.54, 1.807) is 19.5 Å². The molecule has 9 nitrogen and oxygen atoms in total. The van der Waals surface area contributed by atoms with Crippen molar-refractivity contribution < 1.29 is 9.53 Å². The van der Waals surface area contributed by atoms with Gasteiger partial charge in [0.25, 0.3) is 5.82 Å². The molecule has 192 valence electrons. The number of para-hydroxylation sites is 1. The highest BCUT2D eigenvalue weighted by Crippen LogP contribution is 2.36. The standard InChI is InChI=1S/C27H30ClN7O2/c1-35(21-11-7-4-8-12-21)26(24(28)25(33-35)20-15-29-30-16-20)32-27(36)31-23-18-34(13-14-37-2)17-22(23)19-9-5-3-6-10-19/h3-12,15-16,22-23H,13-14,17-18H2,1-2H3,(H2-,29,30,31,32,33,36)/p+1/t22-,23+,35?/m0/s1. The lowest BCUT2D eigenvalue weighted by Crippen LogP contribution is -2.50. The van der Waals surface area contributed by atoms with Crippen LogP contribution in [0.4, 0.5) is 10.5 Å². The van der Waals surface area contributed by atoms with Crippen molar-refractivity contribution in [2.45, 2.75) is 12.0 Å². The zero-order chi connectivity index (χ0) is 25.8. The molecule has 2 amide bonds. The topological polar surface area (TPSA) is 94.6 Å². The summed E-state index contributed by atoms with van der Waals surface area (Å²) in [6, 6.07) is 19.6. The van der Waals surface area contributed by atoms with Crippen molar-refractivity contribution in [2.75, 3.05) is 40.4 Å². The molecule has 0 radical (unpaired) electrons. The van der Waals surface area contributed by atoms with E-state index in [0.717, 1.165) is 30.9 Å². The largest absolute Gasteiger partial charge is 0.383 e. The van der Waals surface area contributed by atoms with E-state index in [4.69, 9.17) is 21.4 Å². The molecule has 0 saturated carbocycles. The number of nitrogens with one attached hydrogen (secondary N) is 3. The summed E-state index contributed by atoms with van der Waals surface area (Å²) < 4.78 is 5.26. The Bertz CT molecular complexity index is 1280. The predicted molar refractivity (Wildman–Crippen MR) is 145 cm³/mol. The fraction of sp³-hybridized carbons (Fsp3) is 0.296. The van der Waals surface area contributed by atoms with Crippen LogP contribution < -0.4 is 15.2 Å². The third kappa shape index (κ3) is 5.17. The lowest BCUT2D eigenvalue weighted by molar-refractivity contribution is 0.159. The minimum atomic E-state index is -0.323. The normalized spacial score (nSPS) is 23.8. The van der Waals surface area contributed by atoms with E-state index in [1.165, 1.54) is 5.56 Å². The number of allylic oxidation sites excluding steroid dienone is 1. The van der Waals surface area contributed by atoms with Crippen molar-refractivity contribution in [2.24, 2.45) is 5.10 Å². The van der Waals surface area contributed by atoms with Gasteiger partial charge < -0.3 is 10.1 Å². The van der Waals surface area contributed by atoms with Crippen molar-refractivity contribution >= 4 is 29.0 Å². The molecule has 3 atom stereocenters. The number of ether oxygens (including phenoxy) is 1. The fourth-order valence-electron chi connectivity index (χ4n) is 5.02. The second-order valence-electron chi connectivity index (χ2n) is 9.37. The van der Waals surface area contributed by atoms with Gasteiger partial charge in [-0.2, -0.15) is 5.10 Å². The van der Waals surface area contributed by atoms with Gasteiger partial charge in [-0.1, -0.05) is 65.2 Å². The maximum atomic E-state index is 13.5. The molecule has 3 heterocycles. The van der Waals surface area contributed by atoms with Crippen LogP contribution in [0.15, 0.2) is 89.0 Å². The number of urea groups is 1. The van der Waals surface area contributed by atoms with Gasteiger partial charge in [-0.15, -0.1) is 4.59 Å². The summed E-state index contributed by atoms with van der Waals surface area (Å²) in [7, 11) is 3.60. The second-order valence-corrected chi connectivity index (χ2v) is 9.75. The number of H-pyrrole nitrogens is 1. The number of hydrogen-bond acceptors (Lipinski definition) is 5. The summed E-state index contributed by atoms with van der Waals surface area (Å²) in [5, 5.41) is 18.4. The van der Waals surface area contributed by atoms with E-state index in [-0.39, 0.29) is 22.6 Å². The third-order valence-electron chi connectivity index (χ3n) is 6.97. The summed E-state index contributed by atoms with van der Waals surface area (Å²) >= 11 is 6.86. The average molecular weight is 521 g/mol. The van der Waals surface area contributed by atoms with E-state index < -0.39 is 0 Å². The number of carbonyl (C=O) groups excluding carboxylic acids is 1. The number of carbonyl (C=O) groups is 1. The molecule has 3 N–H and O–H groups in total. The van der Waals surface area contributed by atoms with Crippen LogP contribution in [0.3, 0.4) is 0 Å².